The minimum Gasteiger partial charge on any atom is -0.462 e. The first-order valence-corrected chi connectivity index (χ1v) is 7.64. The highest BCUT2D eigenvalue weighted by atomic mass is 35.5. The molecule has 2 aromatic rings. The van der Waals surface area contributed by atoms with Crippen molar-refractivity contribution in [2.24, 2.45) is 0 Å². The zero-order valence-electron chi connectivity index (χ0n) is 12.6. The van der Waals surface area contributed by atoms with Gasteiger partial charge in [0.05, 0.1) is 10.6 Å². The molecule has 0 saturated carbocycles. The molecule has 0 radical (unpaired) electrons. The lowest BCUT2D eigenvalue weighted by Crippen LogP contribution is -2.48. The second kappa shape index (κ2) is 8.28. The van der Waals surface area contributed by atoms with Gasteiger partial charge < -0.3 is 4.42 Å². The van der Waals surface area contributed by atoms with Gasteiger partial charge in [0, 0.05) is 6.08 Å². The van der Waals surface area contributed by atoms with Gasteiger partial charge in [0.2, 0.25) is 5.91 Å². The Bertz CT molecular complexity index is 801. The van der Waals surface area contributed by atoms with E-state index in [2.05, 4.69) is 16.2 Å². The number of carbonyl (C=O) groups is 2. The summed E-state index contributed by atoms with van der Waals surface area (Å²) < 4.78 is 5.29. The number of benzene rings is 1. The van der Waals surface area contributed by atoms with E-state index in [1.54, 1.807) is 43.3 Å². The van der Waals surface area contributed by atoms with Crippen LogP contribution in [-0.2, 0) is 4.79 Å². The number of furan rings is 1. The Labute approximate surface area is 148 Å². The number of halogens is 1. The fraction of sp³-hybridized carbons (Fsp3) is 0.0625. The normalized spacial score (nSPS) is 10.4. The summed E-state index contributed by atoms with van der Waals surface area (Å²) in [4.78, 5) is 23.6. The molecule has 0 saturated heterocycles. The van der Waals surface area contributed by atoms with Crippen molar-refractivity contribution >= 4 is 46.8 Å². The summed E-state index contributed by atoms with van der Waals surface area (Å²) in [5, 5.41) is 2.64. The Hall–Kier alpha value is -2.64. The summed E-state index contributed by atoms with van der Waals surface area (Å²) >= 11 is 10.8. The summed E-state index contributed by atoms with van der Waals surface area (Å²) in [6, 6.07) is 10.1. The van der Waals surface area contributed by atoms with Gasteiger partial charge >= 0.3 is 0 Å². The van der Waals surface area contributed by atoms with Crippen molar-refractivity contribution < 1.29 is 14.0 Å². The fourth-order valence-electron chi connectivity index (χ4n) is 1.71. The number of hydrogen-bond acceptors (Lipinski definition) is 4. The van der Waals surface area contributed by atoms with Gasteiger partial charge in [-0.1, -0.05) is 23.7 Å². The fourth-order valence-corrected chi connectivity index (χ4v) is 2.09. The molecule has 0 bridgehead atoms. The minimum atomic E-state index is -0.473. The summed E-state index contributed by atoms with van der Waals surface area (Å²) in [6.07, 6.45) is 2.77. The molecule has 1 aromatic heterocycles. The Morgan fingerprint density at radius 3 is 2.58 bits per heavy atom. The van der Waals surface area contributed by atoms with E-state index in [4.69, 9.17) is 28.2 Å². The van der Waals surface area contributed by atoms with Crippen LogP contribution in [0.1, 0.15) is 21.9 Å². The van der Waals surface area contributed by atoms with Crippen LogP contribution in [0.15, 0.2) is 46.9 Å². The number of thiocarbonyl (C=S) groups is 1. The van der Waals surface area contributed by atoms with Gasteiger partial charge in [0.1, 0.15) is 11.5 Å². The molecule has 1 heterocycles. The molecule has 2 amide bonds. The van der Waals surface area contributed by atoms with Crippen LogP contribution in [0, 0.1) is 6.92 Å². The molecular formula is C16H14ClN3O3S. The molecule has 0 fully saturated rings. The number of rotatable bonds is 3. The monoisotopic (exact) mass is 363 g/mol. The molecule has 0 atom stereocenters. The third-order valence-electron chi connectivity index (χ3n) is 2.80. The van der Waals surface area contributed by atoms with Crippen LogP contribution in [0.4, 0.5) is 0 Å². The first kappa shape index (κ1) is 17.7. The molecule has 0 aliphatic heterocycles. The van der Waals surface area contributed by atoms with E-state index in [-0.39, 0.29) is 10.7 Å². The topological polar surface area (TPSA) is 83.4 Å². The van der Waals surface area contributed by atoms with Crippen LogP contribution in [-0.4, -0.2) is 16.9 Å². The zero-order valence-corrected chi connectivity index (χ0v) is 14.2. The molecule has 8 heteroatoms. The average Bonchev–Trinajstić information content (AvgIpc) is 2.96. The maximum atomic E-state index is 11.9. The molecule has 0 aliphatic rings. The highest BCUT2D eigenvalue weighted by molar-refractivity contribution is 7.80. The van der Waals surface area contributed by atoms with Crippen molar-refractivity contribution in [1.29, 1.82) is 0 Å². The van der Waals surface area contributed by atoms with Gasteiger partial charge in [-0.05, 0) is 49.5 Å². The third-order valence-corrected chi connectivity index (χ3v) is 3.34. The lowest BCUT2D eigenvalue weighted by atomic mass is 10.2. The van der Waals surface area contributed by atoms with Gasteiger partial charge in [0.15, 0.2) is 5.11 Å². The van der Waals surface area contributed by atoms with E-state index < -0.39 is 11.8 Å². The molecule has 0 unspecified atom stereocenters. The zero-order chi connectivity index (χ0) is 17.5. The van der Waals surface area contributed by atoms with Gasteiger partial charge in [0.25, 0.3) is 5.91 Å². The Morgan fingerprint density at radius 2 is 1.92 bits per heavy atom. The lowest BCUT2D eigenvalue weighted by molar-refractivity contribution is -0.115. The average molecular weight is 364 g/mol. The molecular weight excluding hydrogens is 350 g/mol. The van der Waals surface area contributed by atoms with Gasteiger partial charge in [-0.2, -0.15) is 0 Å². The lowest BCUT2D eigenvalue weighted by Gasteiger charge is -2.10. The van der Waals surface area contributed by atoms with Crippen molar-refractivity contribution in [3.63, 3.8) is 0 Å². The van der Waals surface area contributed by atoms with Crippen molar-refractivity contribution in [3.8, 4) is 0 Å². The van der Waals surface area contributed by atoms with E-state index >= 15 is 0 Å². The van der Waals surface area contributed by atoms with E-state index in [0.29, 0.717) is 10.8 Å². The molecule has 3 N–H and O–H groups in total. The Kier molecular flexibility index (Phi) is 6.11. The van der Waals surface area contributed by atoms with Crippen LogP contribution in [0.2, 0.25) is 5.02 Å². The first-order chi connectivity index (χ1) is 11.5. The molecule has 1 aromatic carbocycles. The van der Waals surface area contributed by atoms with Crippen LogP contribution in [0.5, 0.6) is 0 Å². The van der Waals surface area contributed by atoms with Gasteiger partial charge in [-0.3, -0.25) is 25.8 Å². The Morgan fingerprint density at radius 1 is 1.17 bits per heavy atom. The van der Waals surface area contributed by atoms with E-state index in [0.717, 1.165) is 5.76 Å². The van der Waals surface area contributed by atoms with Crippen LogP contribution >= 0.6 is 23.8 Å². The second-order valence-corrected chi connectivity index (χ2v) is 5.47. The van der Waals surface area contributed by atoms with Crippen molar-refractivity contribution in [2.75, 3.05) is 0 Å². The SMILES string of the molecule is Cc1ccc(C=CC(=O)NC(=S)NNC(=O)c2ccccc2Cl)o1. The molecule has 2 rings (SSSR count). The van der Waals surface area contributed by atoms with Crippen LogP contribution in [0.25, 0.3) is 6.08 Å². The predicted molar refractivity (Wildman–Crippen MR) is 95.3 cm³/mol. The largest absolute Gasteiger partial charge is 0.462 e. The van der Waals surface area contributed by atoms with Crippen LogP contribution in [0.3, 0.4) is 0 Å². The number of carbonyl (C=O) groups excluding carboxylic acids is 2. The number of nitrogens with one attached hydrogen (secondary N) is 3. The summed E-state index contributed by atoms with van der Waals surface area (Å²) in [7, 11) is 0. The minimum absolute atomic E-state index is 0.0549. The predicted octanol–water partition coefficient (Wildman–Crippen LogP) is 2.59. The third kappa shape index (κ3) is 5.22. The molecule has 0 spiro atoms. The molecule has 0 aliphatic carbocycles. The number of amides is 2. The quantitative estimate of drug-likeness (QED) is 0.443. The highest BCUT2D eigenvalue weighted by Crippen LogP contribution is 2.14. The summed E-state index contributed by atoms with van der Waals surface area (Å²) in [5.74, 6) is 0.357. The number of hydrogen-bond donors (Lipinski definition) is 3. The molecule has 6 nitrogen and oxygen atoms in total. The van der Waals surface area contributed by atoms with E-state index in [1.165, 1.54) is 12.2 Å². The standard InChI is InChI=1S/C16H14ClN3O3S/c1-10-6-7-11(23-10)8-9-14(21)18-16(24)20-19-15(22)12-4-2-3-5-13(12)17/h2-9H,1H3,(H,19,22)(H2,18,20,21,24). The van der Waals surface area contributed by atoms with E-state index in [1.807, 2.05) is 0 Å². The van der Waals surface area contributed by atoms with Gasteiger partial charge in [-0.25, -0.2) is 0 Å². The summed E-state index contributed by atoms with van der Waals surface area (Å²) in [6.45, 7) is 1.80. The summed E-state index contributed by atoms with van der Waals surface area (Å²) in [5.41, 5.74) is 5.06. The second-order valence-electron chi connectivity index (χ2n) is 4.66. The first-order valence-electron chi connectivity index (χ1n) is 6.86. The maximum Gasteiger partial charge on any atom is 0.271 e. The smallest absolute Gasteiger partial charge is 0.271 e. The van der Waals surface area contributed by atoms with Crippen molar-refractivity contribution in [3.05, 3.63) is 64.6 Å². The van der Waals surface area contributed by atoms with Crippen LogP contribution < -0.4 is 16.2 Å². The van der Waals surface area contributed by atoms with E-state index in [9.17, 15) is 9.59 Å². The Balaban J connectivity index is 1.80. The van der Waals surface area contributed by atoms with Crippen molar-refractivity contribution in [1.82, 2.24) is 16.2 Å². The number of hydrazine groups is 1. The van der Waals surface area contributed by atoms with Gasteiger partial charge in [-0.15, -0.1) is 0 Å². The van der Waals surface area contributed by atoms with Crippen molar-refractivity contribution in [2.45, 2.75) is 6.92 Å². The number of aryl methyl sites for hydroxylation is 1. The maximum absolute atomic E-state index is 11.9. The molecule has 124 valence electrons. The highest BCUT2D eigenvalue weighted by Gasteiger charge is 2.09. The molecule has 24 heavy (non-hydrogen) atoms.